The minimum absolute atomic E-state index is 0. The van der Waals surface area contributed by atoms with Crippen molar-refractivity contribution in [3.05, 3.63) is 127 Å². The summed E-state index contributed by atoms with van der Waals surface area (Å²) in [5.41, 5.74) is 13.9. The molecule has 0 saturated heterocycles. The van der Waals surface area contributed by atoms with Crippen molar-refractivity contribution in [1.82, 2.24) is 0 Å². The van der Waals surface area contributed by atoms with Gasteiger partial charge in [-0.15, -0.1) is 6.92 Å². The molecule has 1 N–H and O–H groups in total. The number of rotatable bonds is 17. The molecule has 0 aromatic heterocycles. The van der Waals surface area contributed by atoms with Gasteiger partial charge in [0.15, 0.2) is 0 Å². The fraction of sp³-hybridized carbons (Fsp3) is 0.500. The van der Waals surface area contributed by atoms with Crippen molar-refractivity contribution >= 4 is 15.4 Å². The van der Waals surface area contributed by atoms with Crippen molar-refractivity contribution in [3.63, 3.8) is 0 Å². The van der Waals surface area contributed by atoms with E-state index in [-0.39, 0.29) is 33.6 Å². The standard InChI is InChI=1S/C18H38N.C12H10.C9H13.C6H7Si.CH3.Zr/c1-2-3-4-5-6-7-8-9-10-11-12-13-14-15-16-17-18-19;1-3-7-11(8-4-1)12-9-5-2-6-10-12;1-6-5-7(2)9(4)8(6)3;7-6-4-2-1-3-5-6;;/h19H,2-18H2,1H3;1-10H;6H,1-4H3;1-5H,7H2;1H3;/q-1;;-1;;-1;+3. The Labute approximate surface area is 327 Å². The van der Waals surface area contributed by atoms with Gasteiger partial charge in [0.1, 0.15) is 0 Å². The van der Waals surface area contributed by atoms with Crippen LogP contribution in [0, 0.1) is 19.4 Å². The molecular formula is C46H71NSiZr. The smallest absolute Gasteiger partial charge is 0.677 e. The molecule has 0 bridgehead atoms. The van der Waals surface area contributed by atoms with Crippen LogP contribution < -0.4 is 5.19 Å². The molecule has 2 radical (unpaired) electrons. The van der Waals surface area contributed by atoms with Gasteiger partial charge in [-0.05, 0) is 11.1 Å². The quantitative estimate of drug-likeness (QED) is 0.0744. The van der Waals surface area contributed by atoms with E-state index in [9.17, 15) is 0 Å². The van der Waals surface area contributed by atoms with Crippen LogP contribution in [0.25, 0.3) is 16.9 Å². The van der Waals surface area contributed by atoms with E-state index in [1.807, 2.05) is 40.6 Å². The minimum atomic E-state index is 0. The molecule has 3 heteroatoms. The first-order chi connectivity index (χ1) is 22.9. The molecule has 1 aliphatic carbocycles. The first-order valence-corrected chi connectivity index (χ1v) is 19.5. The van der Waals surface area contributed by atoms with E-state index in [1.165, 1.54) is 129 Å². The second kappa shape index (κ2) is 34.6. The van der Waals surface area contributed by atoms with Crippen LogP contribution in [-0.2, 0) is 26.2 Å². The molecule has 4 rings (SSSR count). The minimum Gasteiger partial charge on any atom is -0.677 e. The van der Waals surface area contributed by atoms with E-state index in [2.05, 4.69) is 101 Å². The maximum absolute atomic E-state index is 7.08. The fourth-order valence-corrected chi connectivity index (χ4v) is 5.85. The number of allylic oxidation sites excluding steroid dienone is 4. The summed E-state index contributed by atoms with van der Waals surface area (Å²) < 4.78 is 0. The normalized spacial score (nSPS) is 12.9. The van der Waals surface area contributed by atoms with Crippen LogP contribution in [0.2, 0.25) is 0 Å². The van der Waals surface area contributed by atoms with Gasteiger partial charge in [0.25, 0.3) is 0 Å². The summed E-state index contributed by atoms with van der Waals surface area (Å²) in [6.07, 6.45) is 25.9. The number of unbranched alkanes of at least 4 members (excludes halogenated alkanes) is 15. The molecule has 0 saturated carbocycles. The second-order valence-electron chi connectivity index (χ2n) is 13.1. The summed E-state index contributed by atoms with van der Waals surface area (Å²) >= 11 is 0. The largest absolute Gasteiger partial charge is 3.00 e. The predicted octanol–water partition coefficient (Wildman–Crippen LogP) is 13.8. The Hall–Kier alpha value is -1.80. The average Bonchev–Trinajstić information content (AvgIpc) is 3.33. The Morgan fingerprint density at radius 3 is 1.10 bits per heavy atom. The summed E-state index contributed by atoms with van der Waals surface area (Å²) in [6.45, 7) is 11.6. The Morgan fingerprint density at radius 2 is 0.878 bits per heavy atom. The number of hydrogen-bond donors (Lipinski definition) is 0. The van der Waals surface area contributed by atoms with Crippen LogP contribution in [0.15, 0.2) is 108 Å². The van der Waals surface area contributed by atoms with Crippen LogP contribution in [0.5, 0.6) is 0 Å². The summed E-state index contributed by atoms with van der Waals surface area (Å²) in [5, 5.41) is 1.35. The molecular weight excluding hydrogens is 686 g/mol. The van der Waals surface area contributed by atoms with Gasteiger partial charge in [-0.3, -0.25) is 6.08 Å². The van der Waals surface area contributed by atoms with Gasteiger partial charge >= 0.3 is 26.2 Å². The predicted molar refractivity (Wildman–Crippen MR) is 222 cm³/mol. The first-order valence-electron chi connectivity index (χ1n) is 18.8. The van der Waals surface area contributed by atoms with E-state index in [1.54, 1.807) is 0 Å². The molecule has 0 amide bonds. The Morgan fingerprint density at radius 1 is 0.551 bits per heavy atom. The zero-order valence-corrected chi connectivity index (χ0v) is 36.3. The Bertz CT molecular complexity index is 1120. The summed E-state index contributed by atoms with van der Waals surface area (Å²) in [5.74, 6) is 0.560. The molecule has 0 fully saturated rings. The van der Waals surface area contributed by atoms with Crippen LogP contribution in [-0.4, -0.2) is 16.8 Å². The van der Waals surface area contributed by atoms with E-state index >= 15 is 0 Å². The Kier molecular flexibility index (Phi) is 34.9. The molecule has 49 heavy (non-hydrogen) atoms. The van der Waals surface area contributed by atoms with Gasteiger partial charge in [0, 0.05) is 10.2 Å². The van der Waals surface area contributed by atoms with E-state index in [4.69, 9.17) is 5.73 Å². The van der Waals surface area contributed by atoms with E-state index in [0.29, 0.717) is 12.5 Å². The van der Waals surface area contributed by atoms with Crippen molar-refractivity contribution in [3.8, 4) is 11.1 Å². The van der Waals surface area contributed by atoms with Gasteiger partial charge in [-0.2, -0.15) is 17.7 Å². The summed E-state index contributed by atoms with van der Waals surface area (Å²) in [6, 6.07) is 31.1. The maximum Gasteiger partial charge on any atom is 3.00 e. The summed E-state index contributed by atoms with van der Waals surface area (Å²) in [7, 11) is 1.90. The van der Waals surface area contributed by atoms with Crippen molar-refractivity contribution in [1.29, 1.82) is 0 Å². The molecule has 3 aromatic carbocycles. The third kappa shape index (κ3) is 26.6. The van der Waals surface area contributed by atoms with Crippen molar-refractivity contribution in [2.24, 2.45) is 5.92 Å². The molecule has 0 heterocycles. The maximum atomic E-state index is 7.08. The van der Waals surface area contributed by atoms with E-state index < -0.39 is 0 Å². The molecule has 1 unspecified atom stereocenters. The SMILES string of the molecule is CC1=[C-]C(C)C(C)=C1C.CCCCCCCCCCCCCCCCCC[NH-].[CH3-].[SiH2]c1ccccc1.[Zr+3].c1ccc(-c2ccccc2)cc1. The summed E-state index contributed by atoms with van der Waals surface area (Å²) in [4.78, 5) is 0. The van der Waals surface area contributed by atoms with Crippen LogP contribution in [0.1, 0.15) is 137 Å². The second-order valence-corrected chi connectivity index (χ2v) is 13.9. The van der Waals surface area contributed by atoms with Gasteiger partial charge in [0.05, 0.1) is 0 Å². The van der Waals surface area contributed by atoms with Gasteiger partial charge in [-0.1, -0.05) is 233 Å². The third-order valence-corrected chi connectivity index (χ3v) is 9.46. The topological polar surface area (TPSA) is 23.8 Å². The van der Waals surface area contributed by atoms with E-state index in [0.717, 1.165) is 6.42 Å². The number of nitrogens with one attached hydrogen (secondary N) is 1. The molecule has 3 aromatic rings. The number of benzene rings is 3. The molecule has 1 nitrogen and oxygen atoms in total. The third-order valence-electron chi connectivity index (χ3n) is 8.99. The molecule has 1 atom stereocenters. The van der Waals surface area contributed by atoms with Gasteiger partial charge < -0.3 is 13.2 Å². The van der Waals surface area contributed by atoms with Crippen LogP contribution in [0.3, 0.4) is 0 Å². The van der Waals surface area contributed by atoms with Crippen LogP contribution in [0.4, 0.5) is 0 Å². The fourth-order valence-electron chi connectivity index (χ4n) is 5.57. The average molecular weight is 757 g/mol. The molecule has 0 spiro atoms. The van der Waals surface area contributed by atoms with Gasteiger partial charge in [-0.25, -0.2) is 5.57 Å². The van der Waals surface area contributed by atoms with Gasteiger partial charge in [0.2, 0.25) is 0 Å². The zero-order valence-electron chi connectivity index (χ0n) is 32.5. The van der Waals surface area contributed by atoms with Crippen molar-refractivity contribution < 1.29 is 26.2 Å². The monoisotopic (exact) mass is 755 g/mol. The van der Waals surface area contributed by atoms with Crippen LogP contribution >= 0.6 is 0 Å². The van der Waals surface area contributed by atoms with Crippen molar-refractivity contribution in [2.75, 3.05) is 6.54 Å². The Balaban J connectivity index is 0. The van der Waals surface area contributed by atoms with Crippen molar-refractivity contribution in [2.45, 2.75) is 137 Å². The zero-order chi connectivity index (χ0) is 34.4. The number of hydrogen-bond acceptors (Lipinski definition) is 0. The molecule has 0 aliphatic heterocycles. The molecule has 268 valence electrons. The first kappa shape index (κ1) is 49.3. The molecule has 1 aliphatic rings.